The van der Waals surface area contributed by atoms with Crippen molar-refractivity contribution >= 4 is 17.8 Å². The van der Waals surface area contributed by atoms with Gasteiger partial charge >= 0.3 is 5.97 Å². The second-order valence-electron chi connectivity index (χ2n) is 14.0. The van der Waals surface area contributed by atoms with Gasteiger partial charge in [-0.1, -0.05) is 6.58 Å². The van der Waals surface area contributed by atoms with Crippen LogP contribution in [-0.4, -0.2) is 210 Å². The number of carboxylic acids is 1. The summed E-state index contributed by atoms with van der Waals surface area (Å²) >= 11 is 0. The molecule has 13 N–H and O–H groups in total. The highest BCUT2D eigenvalue weighted by molar-refractivity contribution is 5.76. The molecule has 316 valence electrons. The fourth-order valence-corrected chi connectivity index (χ4v) is 6.85. The Morgan fingerprint density at radius 2 is 1.47 bits per heavy atom. The fraction of sp³-hybridized carbons (Fsp3) is 0.844. The van der Waals surface area contributed by atoms with Crippen LogP contribution in [-0.2, 0) is 47.5 Å². The van der Waals surface area contributed by atoms with Crippen molar-refractivity contribution in [3.05, 3.63) is 12.3 Å². The summed E-state index contributed by atoms with van der Waals surface area (Å²) in [5.41, 5.74) is 0. The smallest absolute Gasteiger partial charge is 0.364 e. The molecular weight excluding hydrogens is 748 g/mol. The molecule has 2 amide bonds. The standard InChI is InChI=1S/C32H52N2O21/c1-10-19(33-12(3)37)23(43)27(17(8-36)50-10)53-30-28(54-29-26(46)24(44)21(41)11(2)51-29)25(45)22(42)18(52-30)9-49-32(31(47)48)6-15(40)20(34-13(4)38)16(55-32)5-14(39)7-35/h11,14-30,35-36,39-46H,1,5-9H2,2-4H3,(H,33,37)(H,34,38)(H,47,48)/t11?,14-,15+,16?,17?,18?,19+,20?,21?,22?,23?,24?,25?,26?,27?,28?,29?,30?,32+/m0/s1. The van der Waals surface area contributed by atoms with Gasteiger partial charge in [0.2, 0.25) is 11.8 Å². The molecule has 0 bridgehead atoms. The van der Waals surface area contributed by atoms with Crippen LogP contribution in [0.4, 0.5) is 0 Å². The summed E-state index contributed by atoms with van der Waals surface area (Å²) in [7, 11) is 0. The number of carboxylic acid groups (broad SMARTS) is 1. The molecule has 15 unspecified atom stereocenters. The first-order valence-corrected chi connectivity index (χ1v) is 17.5. The van der Waals surface area contributed by atoms with E-state index in [-0.39, 0.29) is 5.76 Å². The van der Waals surface area contributed by atoms with Crippen molar-refractivity contribution in [1.29, 1.82) is 0 Å². The second kappa shape index (κ2) is 18.7. The van der Waals surface area contributed by atoms with Crippen molar-refractivity contribution in [2.75, 3.05) is 19.8 Å². The first-order chi connectivity index (χ1) is 25.7. The lowest BCUT2D eigenvalue weighted by molar-refractivity contribution is -0.381. The Hall–Kier alpha value is -2.69. The molecule has 0 saturated carbocycles. The van der Waals surface area contributed by atoms with E-state index in [2.05, 4.69) is 17.2 Å². The Kier molecular flexibility index (Phi) is 15.3. The molecule has 4 heterocycles. The number of amides is 2. The molecule has 4 fully saturated rings. The zero-order valence-electron chi connectivity index (χ0n) is 30.1. The van der Waals surface area contributed by atoms with Crippen molar-refractivity contribution in [2.24, 2.45) is 0 Å². The Morgan fingerprint density at radius 3 is 2.05 bits per heavy atom. The van der Waals surface area contributed by atoms with E-state index in [1.54, 1.807) is 0 Å². The maximum atomic E-state index is 12.7. The predicted molar refractivity (Wildman–Crippen MR) is 175 cm³/mol. The number of aliphatic hydroxyl groups excluding tert-OH is 10. The number of aliphatic carboxylic acids is 1. The van der Waals surface area contributed by atoms with Gasteiger partial charge in [0, 0.05) is 26.7 Å². The number of hydrogen-bond donors (Lipinski definition) is 13. The van der Waals surface area contributed by atoms with E-state index in [0.29, 0.717) is 0 Å². The second-order valence-corrected chi connectivity index (χ2v) is 14.0. The van der Waals surface area contributed by atoms with Crippen LogP contribution >= 0.6 is 0 Å². The van der Waals surface area contributed by atoms with Gasteiger partial charge in [-0.05, 0) is 6.92 Å². The maximum absolute atomic E-state index is 12.7. The molecule has 0 aromatic heterocycles. The monoisotopic (exact) mass is 800 g/mol. The quantitative estimate of drug-likeness (QED) is 0.0776. The lowest BCUT2D eigenvalue weighted by Gasteiger charge is -2.49. The summed E-state index contributed by atoms with van der Waals surface area (Å²) in [6.45, 7) is 4.71. The minimum absolute atomic E-state index is 0.153. The predicted octanol–water partition coefficient (Wildman–Crippen LogP) is -7.00. The zero-order chi connectivity index (χ0) is 41.1. The Balaban J connectivity index is 1.65. The van der Waals surface area contributed by atoms with Gasteiger partial charge in [-0.2, -0.15) is 0 Å². The van der Waals surface area contributed by atoms with Crippen LogP contribution in [0.5, 0.6) is 0 Å². The number of ether oxygens (including phenoxy) is 7. The zero-order valence-corrected chi connectivity index (χ0v) is 30.1. The summed E-state index contributed by atoms with van der Waals surface area (Å²) in [6, 6.07) is -2.56. The van der Waals surface area contributed by atoms with Gasteiger partial charge in [-0.3, -0.25) is 9.59 Å². The van der Waals surface area contributed by atoms with Gasteiger partial charge in [0.1, 0.15) is 66.7 Å². The normalized spacial score (nSPS) is 44.2. The molecule has 23 heteroatoms. The average molecular weight is 801 g/mol. The van der Waals surface area contributed by atoms with Crippen molar-refractivity contribution < 1.29 is 104 Å². The number of rotatable bonds is 14. The molecule has 19 atom stereocenters. The van der Waals surface area contributed by atoms with E-state index in [1.165, 1.54) is 6.92 Å². The van der Waals surface area contributed by atoms with Crippen LogP contribution in [0.1, 0.15) is 33.6 Å². The van der Waals surface area contributed by atoms with E-state index in [9.17, 15) is 70.6 Å². The summed E-state index contributed by atoms with van der Waals surface area (Å²) in [5, 5.41) is 121. The van der Waals surface area contributed by atoms with Crippen molar-refractivity contribution in [2.45, 2.75) is 150 Å². The molecule has 0 spiro atoms. The first kappa shape index (κ1) is 45.0. The van der Waals surface area contributed by atoms with Crippen LogP contribution in [0.25, 0.3) is 0 Å². The van der Waals surface area contributed by atoms with Crippen LogP contribution in [0.3, 0.4) is 0 Å². The highest BCUT2D eigenvalue weighted by Gasteiger charge is 2.57. The Morgan fingerprint density at radius 1 is 0.836 bits per heavy atom. The van der Waals surface area contributed by atoms with Gasteiger partial charge in [-0.15, -0.1) is 0 Å². The molecule has 4 saturated heterocycles. The van der Waals surface area contributed by atoms with Crippen molar-refractivity contribution in [3.8, 4) is 0 Å². The highest BCUT2D eigenvalue weighted by Crippen LogP contribution is 2.37. The van der Waals surface area contributed by atoms with Crippen LogP contribution in [0, 0.1) is 0 Å². The molecule has 4 aliphatic heterocycles. The molecule has 4 aliphatic rings. The minimum atomic E-state index is -2.74. The van der Waals surface area contributed by atoms with Gasteiger partial charge in [0.15, 0.2) is 18.7 Å². The maximum Gasteiger partial charge on any atom is 0.364 e. The van der Waals surface area contributed by atoms with E-state index >= 15 is 0 Å². The number of aliphatic hydroxyl groups is 10. The lowest BCUT2D eigenvalue weighted by atomic mass is 9.90. The number of hydrogen-bond acceptors (Lipinski definition) is 20. The largest absolute Gasteiger partial charge is 0.488 e. The lowest BCUT2D eigenvalue weighted by Crippen LogP contribution is -2.67. The molecule has 23 nitrogen and oxygen atoms in total. The third-order valence-electron chi connectivity index (χ3n) is 9.79. The number of carbonyl (C=O) groups excluding carboxylic acids is 2. The summed E-state index contributed by atoms with van der Waals surface area (Å²) in [4.78, 5) is 36.4. The summed E-state index contributed by atoms with van der Waals surface area (Å²) in [5.74, 6) is -5.93. The first-order valence-electron chi connectivity index (χ1n) is 17.5. The fourth-order valence-electron chi connectivity index (χ4n) is 6.85. The van der Waals surface area contributed by atoms with Crippen LogP contribution in [0.15, 0.2) is 12.3 Å². The molecule has 4 rings (SSSR count). The summed E-state index contributed by atoms with van der Waals surface area (Å²) < 4.78 is 40.1. The Bertz CT molecular complexity index is 1340. The SMILES string of the molecule is C=C1OC(CO)C(OC2OC(CO[C@]3(C(=O)O)C[C@@H](O)C(NC(C)=O)C(C[C@H](O)CO)O3)C(O)C(O)C2OC2OC(C)C(O)C(O)C2O)C(O)[C@@H]1NC(C)=O. The topological polar surface area (TPSA) is 362 Å². The highest BCUT2D eigenvalue weighted by atomic mass is 16.8. The van der Waals surface area contributed by atoms with E-state index < -0.39 is 166 Å². The van der Waals surface area contributed by atoms with Gasteiger partial charge in [-0.25, -0.2) is 4.79 Å². The Labute approximate surface area is 313 Å². The molecular formula is C32H52N2O21. The third kappa shape index (κ3) is 10.1. The molecule has 0 aliphatic carbocycles. The summed E-state index contributed by atoms with van der Waals surface area (Å²) in [6.07, 6.45) is -28.6. The van der Waals surface area contributed by atoms with Gasteiger partial charge < -0.3 is 100.0 Å². The van der Waals surface area contributed by atoms with Crippen LogP contribution < -0.4 is 10.6 Å². The minimum Gasteiger partial charge on any atom is -0.488 e. The van der Waals surface area contributed by atoms with Crippen LogP contribution in [0.2, 0.25) is 0 Å². The average Bonchev–Trinajstić information content (AvgIpc) is 3.12. The van der Waals surface area contributed by atoms with E-state index in [1.807, 2.05) is 0 Å². The molecule has 55 heavy (non-hydrogen) atoms. The van der Waals surface area contributed by atoms with Crippen molar-refractivity contribution in [1.82, 2.24) is 10.6 Å². The third-order valence-corrected chi connectivity index (χ3v) is 9.79. The number of carbonyl (C=O) groups is 3. The van der Waals surface area contributed by atoms with Crippen molar-refractivity contribution in [3.63, 3.8) is 0 Å². The molecule has 0 radical (unpaired) electrons. The van der Waals surface area contributed by atoms with Gasteiger partial charge in [0.05, 0.1) is 50.3 Å². The van der Waals surface area contributed by atoms with E-state index in [0.717, 1.165) is 13.8 Å². The number of nitrogens with one attached hydrogen (secondary N) is 2. The van der Waals surface area contributed by atoms with E-state index in [4.69, 9.17) is 33.2 Å². The molecule has 0 aromatic carbocycles. The van der Waals surface area contributed by atoms with Gasteiger partial charge in [0.25, 0.3) is 5.79 Å². The molecule has 0 aromatic rings.